The Morgan fingerprint density at radius 1 is 1.48 bits per heavy atom. The molecule has 1 aromatic rings. The predicted molar refractivity (Wildman–Crippen MR) is 75.8 cm³/mol. The third kappa shape index (κ3) is 4.60. The summed E-state index contributed by atoms with van der Waals surface area (Å²) in [4.78, 5) is 21.8. The Balaban J connectivity index is 2.98. The van der Waals surface area contributed by atoms with Crippen LogP contribution in [0.15, 0.2) is 18.2 Å². The van der Waals surface area contributed by atoms with E-state index < -0.39 is 16.9 Å². The molecule has 8 nitrogen and oxygen atoms in total. The fraction of sp³-hybridized carbons (Fsp3) is 0.462. The van der Waals surface area contributed by atoms with E-state index in [9.17, 15) is 20.0 Å². The van der Waals surface area contributed by atoms with Gasteiger partial charge in [0.1, 0.15) is 11.7 Å². The fourth-order valence-electron chi connectivity index (χ4n) is 1.87. The maximum absolute atomic E-state index is 11.2. The number of rotatable bonds is 9. The van der Waals surface area contributed by atoms with Gasteiger partial charge in [-0.25, -0.2) is 4.79 Å². The van der Waals surface area contributed by atoms with Gasteiger partial charge in [0.2, 0.25) is 0 Å². The summed E-state index contributed by atoms with van der Waals surface area (Å²) in [6.45, 7) is 0.422. The van der Waals surface area contributed by atoms with Crippen LogP contribution < -0.4 is 10.1 Å². The highest BCUT2D eigenvalue weighted by atomic mass is 16.6. The molecule has 0 saturated carbocycles. The average molecular weight is 298 g/mol. The quantitative estimate of drug-likeness (QED) is 0.407. The van der Waals surface area contributed by atoms with E-state index in [1.54, 1.807) is 6.07 Å². The van der Waals surface area contributed by atoms with Crippen LogP contribution in [0.5, 0.6) is 5.75 Å². The van der Waals surface area contributed by atoms with Crippen LogP contribution in [0.4, 0.5) is 11.4 Å². The molecule has 8 heteroatoms. The molecule has 1 rings (SSSR count). The molecule has 116 valence electrons. The predicted octanol–water partition coefficient (Wildman–Crippen LogP) is 1.90. The van der Waals surface area contributed by atoms with Crippen LogP contribution in [0, 0.1) is 10.1 Å². The van der Waals surface area contributed by atoms with Crippen LogP contribution in [0.25, 0.3) is 0 Å². The highest BCUT2D eigenvalue weighted by Crippen LogP contribution is 2.35. The SMILES string of the molecule is COCCCC(Nc1cccc(OC)c1[N+](=O)[O-])C(=O)O. The summed E-state index contributed by atoms with van der Waals surface area (Å²) in [5.41, 5.74) is -0.165. The third-order valence-electron chi connectivity index (χ3n) is 2.87. The van der Waals surface area contributed by atoms with Crippen molar-refractivity contribution in [3.63, 3.8) is 0 Å². The van der Waals surface area contributed by atoms with Crippen molar-refractivity contribution in [2.75, 3.05) is 26.1 Å². The second kappa shape index (κ2) is 8.05. The van der Waals surface area contributed by atoms with Gasteiger partial charge >= 0.3 is 11.7 Å². The Bertz CT molecular complexity index is 505. The van der Waals surface area contributed by atoms with E-state index in [1.165, 1.54) is 26.4 Å². The summed E-state index contributed by atoms with van der Waals surface area (Å²) < 4.78 is 9.81. The maximum Gasteiger partial charge on any atom is 0.333 e. The smallest absolute Gasteiger partial charge is 0.333 e. The number of nitrogens with one attached hydrogen (secondary N) is 1. The minimum Gasteiger partial charge on any atom is -0.490 e. The Hall–Kier alpha value is -2.35. The number of benzene rings is 1. The molecule has 0 bridgehead atoms. The van der Waals surface area contributed by atoms with E-state index in [-0.39, 0.29) is 23.5 Å². The van der Waals surface area contributed by atoms with Gasteiger partial charge in [-0.05, 0) is 25.0 Å². The second-order valence-electron chi connectivity index (χ2n) is 4.28. The zero-order chi connectivity index (χ0) is 15.8. The lowest BCUT2D eigenvalue weighted by molar-refractivity contribution is -0.384. The molecule has 2 N–H and O–H groups in total. The lowest BCUT2D eigenvalue weighted by atomic mass is 10.1. The van der Waals surface area contributed by atoms with Gasteiger partial charge in [0.15, 0.2) is 5.75 Å². The number of carboxylic acid groups (broad SMARTS) is 1. The Morgan fingerprint density at radius 2 is 2.19 bits per heavy atom. The van der Waals surface area contributed by atoms with E-state index in [0.717, 1.165) is 0 Å². The van der Waals surface area contributed by atoms with Crippen LogP contribution in [-0.2, 0) is 9.53 Å². The van der Waals surface area contributed by atoms with E-state index in [0.29, 0.717) is 13.0 Å². The first-order valence-corrected chi connectivity index (χ1v) is 6.31. The number of nitrogens with zero attached hydrogens (tertiary/aromatic N) is 1. The molecule has 0 aliphatic carbocycles. The molecule has 0 aromatic heterocycles. The Morgan fingerprint density at radius 3 is 2.71 bits per heavy atom. The van der Waals surface area contributed by atoms with E-state index in [2.05, 4.69) is 5.32 Å². The van der Waals surface area contributed by atoms with Crippen molar-refractivity contribution in [1.29, 1.82) is 0 Å². The van der Waals surface area contributed by atoms with Crippen LogP contribution >= 0.6 is 0 Å². The van der Waals surface area contributed by atoms with Gasteiger partial charge in [0.25, 0.3) is 0 Å². The lowest BCUT2D eigenvalue weighted by Crippen LogP contribution is -2.29. The van der Waals surface area contributed by atoms with Crippen LogP contribution in [0.1, 0.15) is 12.8 Å². The summed E-state index contributed by atoms with van der Waals surface area (Å²) in [6.07, 6.45) is 0.815. The molecular formula is C13H18N2O6. The van der Waals surface area contributed by atoms with Gasteiger partial charge < -0.3 is 19.9 Å². The average Bonchev–Trinajstić information content (AvgIpc) is 2.45. The molecule has 0 spiro atoms. The Kier molecular flexibility index (Phi) is 6.41. The molecule has 0 radical (unpaired) electrons. The molecule has 1 atom stereocenters. The van der Waals surface area contributed by atoms with E-state index >= 15 is 0 Å². The summed E-state index contributed by atoms with van der Waals surface area (Å²) in [5, 5.41) is 23.0. The largest absolute Gasteiger partial charge is 0.490 e. The minimum atomic E-state index is -1.08. The highest BCUT2D eigenvalue weighted by molar-refractivity contribution is 5.80. The first-order valence-electron chi connectivity index (χ1n) is 6.31. The van der Waals surface area contributed by atoms with Crippen LogP contribution in [-0.4, -0.2) is 42.9 Å². The molecule has 0 aliphatic heterocycles. The number of ether oxygens (including phenoxy) is 2. The number of carboxylic acids is 1. The van der Waals surface area contributed by atoms with Gasteiger partial charge in [-0.2, -0.15) is 0 Å². The lowest BCUT2D eigenvalue weighted by Gasteiger charge is -2.16. The van der Waals surface area contributed by atoms with Crippen molar-refractivity contribution in [1.82, 2.24) is 0 Å². The maximum atomic E-state index is 11.2. The number of anilines is 1. The fourth-order valence-corrected chi connectivity index (χ4v) is 1.87. The topological polar surface area (TPSA) is 111 Å². The van der Waals surface area contributed by atoms with Crippen molar-refractivity contribution in [3.05, 3.63) is 28.3 Å². The number of nitro benzene ring substituents is 1. The zero-order valence-corrected chi connectivity index (χ0v) is 11.9. The van der Waals surface area contributed by atoms with Gasteiger partial charge in [-0.15, -0.1) is 0 Å². The first kappa shape index (κ1) is 16.7. The van der Waals surface area contributed by atoms with E-state index in [4.69, 9.17) is 9.47 Å². The second-order valence-corrected chi connectivity index (χ2v) is 4.28. The number of nitro groups is 1. The summed E-state index contributed by atoms with van der Waals surface area (Å²) >= 11 is 0. The van der Waals surface area contributed by atoms with Gasteiger partial charge in [-0.1, -0.05) is 6.07 Å². The summed E-state index contributed by atoms with van der Waals surface area (Å²) in [7, 11) is 2.84. The summed E-state index contributed by atoms with van der Waals surface area (Å²) in [6, 6.07) is 3.52. The van der Waals surface area contributed by atoms with Gasteiger partial charge in [-0.3, -0.25) is 10.1 Å². The summed E-state index contributed by atoms with van der Waals surface area (Å²) in [5.74, 6) is -1.01. The van der Waals surface area contributed by atoms with E-state index in [1.807, 2.05) is 0 Å². The van der Waals surface area contributed by atoms with Crippen molar-refractivity contribution in [2.45, 2.75) is 18.9 Å². The molecule has 0 fully saturated rings. The number of para-hydroxylation sites is 1. The number of carbonyl (C=O) groups is 1. The minimum absolute atomic E-state index is 0.0750. The standard InChI is InChI=1S/C13H18N2O6/c1-20-8-4-6-10(13(16)17)14-9-5-3-7-11(21-2)12(9)15(18)19/h3,5,7,10,14H,4,6,8H2,1-2H3,(H,16,17). The molecule has 21 heavy (non-hydrogen) atoms. The monoisotopic (exact) mass is 298 g/mol. The van der Waals surface area contributed by atoms with Crippen LogP contribution in [0.2, 0.25) is 0 Å². The molecule has 1 unspecified atom stereocenters. The number of hydrogen-bond acceptors (Lipinski definition) is 6. The highest BCUT2D eigenvalue weighted by Gasteiger charge is 2.25. The van der Waals surface area contributed by atoms with Crippen molar-refractivity contribution in [2.24, 2.45) is 0 Å². The molecule has 1 aromatic carbocycles. The molecule has 0 amide bonds. The normalized spacial score (nSPS) is 11.7. The van der Waals surface area contributed by atoms with Crippen LogP contribution in [0.3, 0.4) is 0 Å². The van der Waals surface area contributed by atoms with Crippen molar-refractivity contribution in [3.8, 4) is 5.75 Å². The van der Waals surface area contributed by atoms with Crippen molar-refractivity contribution >= 4 is 17.3 Å². The molecule has 0 heterocycles. The Labute approximate surface area is 121 Å². The molecule has 0 aliphatic rings. The third-order valence-corrected chi connectivity index (χ3v) is 2.87. The van der Waals surface area contributed by atoms with Gasteiger partial charge in [0.05, 0.1) is 12.0 Å². The van der Waals surface area contributed by atoms with Gasteiger partial charge in [0, 0.05) is 13.7 Å². The molecule has 0 saturated heterocycles. The first-order chi connectivity index (χ1) is 10.0. The number of methoxy groups -OCH3 is 2. The number of hydrogen-bond donors (Lipinski definition) is 2. The number of aliphatic carboxylic acids is 1. The van der Waals surface area contributed by atoms with Crippen molar-refractivity contribution < 1.29 is 24.3 Å². The molecular weight excluding hydrogens is 280 g/mol. The zero-order valence-electron chi connectivity index (χ0n) is 11.9.